The second-order valence-electron chi connectivity index (χ2n) is 3.96. The lowest BCUT2D eigenvalue weighted by Gasteiger charge is -2.14. The molecule has 1 aromatic heterocycles. The van der Waals surface area contributed by atoms with Gasteiger partial charge in [-0.2, -0.15) is 5.10 Å². The zero-order valence-corrected chi connectivity index (χ0v) is 10.3. The summed E-state index contributed by atoms with van der Waals surface area (Å²) in [5.41, 5.74) is 0.688. The molecule has 1 aromatic rings. The zero-order chi connectivity index (χ0) is 10.8. The Morgan fingerprint density at radius 2 is 2.53 bits per heavy atom. The highest BCUT2D eigenvalue weighted by Crippen LogP contribution is 2.19. The van der Waals surface area contributed by atoms with Gasteiger partial charge in [0.05, 0.1) is 11.8 Å². The van der Waals surface area contributed by atoms with Crippen molar-refractivity contribution in [2.24, 2.45) is 13.0 Å². The summed E-state index contributed by atoms with van der Waals surface area (Å²) in [6.07, 6.45) is 4.49. The number of nitrogens with zero attached hydrogens (tertiary/aromatic N) is 3. The Morgan fingerprint density at radius 3 is 3.07 bits per heavy atom. The van der Waals surface area contributed by atoms with Gasteiger partial charge in [-0.1, -0.05) is 15.9 Å². The number of aryl methyl sites for hydroxylation is 1. The van der Waals surface area contributed by atoms with Crippen molar-refractivity contribution in [1.82, 2.24) is 14.7 Å². The van der Waals surface area contributed by atoms with Gasteiger partial charge in [0.15, 0.2) is 0 Å². The number of rotatable bonds is 2. The van der Waals surface area contributed by atoms with E-state index in [1.807, 2.05) is 11.9 Å². The Labute approximate surface area is 97.4 Å². The van der Waals surface area contributed by atoms with E-state index >= 15 is 0 Å². The summed E-state index contributed by atoms with van der Waals surface area (Å²) < 4.78 is 1.66. The van der Waals surface area contributed by atoms with Crippen molar-refractivity contribution in [2.75, 3.05) is 18.4 Å². The van der Waals surface area contributed by atoms with E-state index in [-0.39, 0.29) is 5.91 Å². The smallest absolute Gasteiger partial charge is 0.257 e. The normalized spacial score (nSPS) is 20.9. The molecule has 0 N–H and O–H groups in total. The van der Waals surface area contributed by atoms with Crippen LogP contribution in [0.15, 0.2) is 12.4 Å². The minimum atomic E-state index is 0.103. The first-order valence-electron chi connectivity index (χ1n) is 5.04. The molecule has 0 spiro atoms. The van der Waals surface area contributed by atoms with Gasteiger partial charge in [0.1, 0.15) is 0 Å². The van der Waals surface area contributed by atoms with Crippen molar-refractivity contribution in [3.05, 3.63) is 18.0 Å². The van der Waals surface area contributed by atoms with Gasteiger partial charge in [0.2, 0.25) is 0 Å². The van der Waals surface area contributed by atoms with Gasteiger partial charge in [-0.05, 0) is 12.3 Å². The van der Waals surface area contributed by atoms with Crippen LogP contribution in [0.3, 0.4) is 0 Å². The molecule has 4 nitrogen and oxygen atoms in total. The predicted octanol–water partition coefficient (Wildman–Crippen LogP) is 1.28. The minimum absolute atomic E-state index is 0.103. The van der Waals surface area contributed by atoms with Crippen molar-refractivity contribution in [1.29, 1.82) is 0 Å². The van der Waals surface area contributed by atoms with Gasteiger partial charge >= 0.3 is 0 Å². The first kappa shape index (κ1) is 10.7. The highest BCUT2D eigenvalue weighted by atomic mass is 79.9. The van der Waals surface area contributed by atoms with Crippen LogP contribution in [0.25, 0.3) is 0 Å². The van der Waals surface area contributed by atoms with E-state index in [1.54, 1.807) is 17.1 Å². The van der Waals surface area contributed by atoms with E-state index in [1.165, 1.54) is 0 Å². The zero-order valence-electron chi connectivity index (χ0n) is 8.69. The average Bonchev–Trinajstić information content (AvgIpc) is 2.84. The highest BCUT2D eigenvalue weighted by molar-refractivity contribution is 9.09. The van der Waals surface area contributed by atoms with Crippen molar-refractivity contribution in [2.45, 2.75) is 6.42 Å². The van der Waals surface area contributed by atoms with Crippen LogP contribution < -0.4 is 0 Å². The van der Waals surface area contributed by atoms with Gasteiger partial charge < -0.3 is 4.90 Å². The second-order valence-corrected chi connectivity index (χ2v) is 4.61. The van der Waals surface area contributed by atoms with Crippen LogP contribution in [-0.2, 0) is 7.05 Å². The molecule has 2 rings (SSSR count). The Morgan fingerprint density at radius 1 is 1.73 bits per heavy atom. The van der Waals surface area contributed by atoms with Crippen molar-refractivity contribution >= 4 is 21.8 Å². The molecular weight excluding hydrogens is 258 g/mol. The summed E-state index contributed by atoms with van der Waals surface area (Å²) in [6.45, 7) is 1.73. The molecule has 1 fully saturated rings. The number of likely N-dealkylation sites (tertiary alicyclic amines) is 1. The molecule has 1 aliphatic rings. The average molecular weight is 272 g/mol. The van der Waals surface area contributed by atoms with Gasteiger partial charge in [-0.25, -0.2) is 0 Å². The number of carbonyl (C=O) groups is 1. The van der Waals surface area contributed by atoms with Gasteiger partial charge in [-0.15, -0.1) is 0 Å². The summed E-state index contributed by atoms with van der Waals surface area (Å²) in [6, 6.07) is 0. The predicted molar refractivity (Wildman–Crippen MR) is 61.0 cm³/mol. The van der Waals surface area contributed by atoms with Gasteiger partial charge in [0.25, 0.3) is 5.91 Å². The van der Waals surface area contributed by atoms with E-state index in [9.17, 15) is 4.79 Å². The monoisotopic (exact) mass is 271 g/mol. The van der Waals surface area contributed by atoms with Crippen LogP contribution in [0.4, 0.5) is 0 Å². The lowest BCUT2D eigenvalue weighted by Crippen LogP contribution is -2.28. The Bertz CT molecular complexity index is 363. The number of aromatic nitrogens is 2. The van der Waals surface area contributed by atoms with Crippen LogP contribution in [0, 0.1) is 5.92 Å². The first-order valence-corrected chi connectivity index (χ1v) is 6.16. The molecule has 2 heterocycles. The number of halogens is 1. The fraction of sp³-hybridized carbons (Fsp3) is 0.600. The molecule has 1 saturated heterocycles. The third kappa shape index (κ3) is 2.22. The molecule has 0 aromatic carbocycles. The lowest BCUT2D eigenvalue weighted by atomic mass is 10.2. The Kier molecular flexibility index (Phi) is 3.09. The Balaban J connectivity index is 2.03. The number of amides is 1. The van der Waals surface area contributed by atoms with E-state index in [0.29, 0.717) is 11.5 Å². The van der Waals surface area contributed by atoms with Crippen molar-refractivity contribution in [3.8, 4) is 0 Å². The molecule has 0 radical (unpaired) electrons. The standard InChI is InChI=1S/C10H14BrN3O/c1-13-7-9(5-12-13)10(15)14-3-2-8(4-11)6-14/h5,7-8H,2-4,6H2,1H3. The maximum absolute atomic E-state index is 12.0. The van der Waals surface area contributed by atoms with Crippen LogP contribution in [-0.4, -0.2) is 39.0 Å². The minimum Gasteiger partial charge on any atom is -0.338 e. The number of hydrogen-bond acceptors (Lipinski definition) is 2. The Hall–Kier alpha value is -0.840. The molecule has 1 amide bonds. The van der Waals surface area contributed by atoms with E-state index in [4.69, 9.17) is 0 Å². The molecule has 0 bridgehead atoms. The second kappa shape index (κ2) is 4.35. The van der Waals surface area contributed by atoms with E-state index in [2.05, 4.69) is 21.0 Å². The molecule has 0 saturated carbocycles. The maximum Gasteiger partial charge on any atom is 0.257 e. The summed E-state index contributed by atoms with van der Waals surface area (Å²) in [4.78, 5) is 13.9. The van der Waals surface area contributed by atoms with Crippen LogP contribution in [0.2, 0.25) is 0 Å². The number of alkyl halides is 1. The van der Waals surface area contributed by atoms with Crippen molar-refractivity contribution in [3.63, 3.8) is 0 Å². The molecule has 1 atom stereocenters. The maximum atomic E-state index is 12.0. The summed E-state index contributed by atoms with van der Waals surface area (Å²) >= 11 is 3.46. The fourth-order valence-corrected chi connectivity index (χ4v) is 2.39. The van der Waals surface area contributed by atoms with E-state index in [0.717, 1.165) is 24.8 Å². The number of carbonyl (C=O) groups excluding carboxylic acids is 1. The topological polar surface area (TPSA) is 38.1 Å². The quantitative estimate of drug-likeness (QED) is 0.761. The largest absolute Gasteiger partial charge is 0.338 e. The van der Waals surface area contributed by atoms with E-state index < -0.39 is 0 Å². The molecular formula is C10H14BrN3O. The fourth-order valence-electron chi connectivity index (χ4n) is 1.86. The third-order valence-electron chi connectivity index (χ3n) is 2.74. The molecule has 15 heavy (non-hydrogen) atoms. The van der Waals surface area contributed by atoms with Crippen molar-refractivity contribution < 1.29 is 4.79 Å². The van der Waals surface area contributed by atoms with Crippen LogP contribution in [0.1, 0.15) is 16.8 Å². The first-order chi connectivity index (χ1) is 7.20. The molecule has 0 aliphatic carbocycles. The van der Waals surface area contributed by atoms with Gasteiger partial charge in [-0.3, -0.25) is 9.48 Å². The summed E-state index contributed by atoms with van der Waals surface area (Å²) in [5.74, 6) is 0.706. The summed E-state index contributed by atoms with van der Waals surface area (Å²) in [5, 5.41) is 4.98. The molecule has 5 heteroatoms. The molecule has 82 valence electrons. The lowest BCUT2D eigenvalue weighted by molar-refractivity contribution is 0.0788. The molecule has 1 unspecified atom stereocenters. The SMILES string of the molecule is Cn1cc(C(=O)N2CCC(CBr)C2)cn1. The van der Waals surface area contributed by atoms with Crippen LogP contribution >= 0.6 is 15.9 Å². The number of hydrogen-bond donors (Lipinski definition) is 0. The molecule has 1 aliphatic heterocycles. The summed E-state index contributed by atoms with van der Waals surface area (Å²) in [7, 11) is 1.82. The third-order valence-corrected chi connectivity index (χ3v) is 3.66. The van der Waals surface area contributed by atoms with Gasteiger partial charge in [0, 0.05) is 31.7 Å². The van der Waals surface area contributed by atoms with Crippen LogP contribution in [0.5, 0.6) is 0 Å². The highest BCUT2D eigenvalue weighted by Gasteiger charge is 2.26.